The molecule has 2 aliphatic rings. The molecule has 0 radical (unpaired) electrons. The number of hydrogen-bond acceptors (Lipinski definition) is 5. The zero-order chi connectivity index (χ0) is 24.2. The molecule has 1 N–H and O–H groups in total. The average Bonchev–Trinajstić information content (AvgIpc) is 2.73. The molecule has 2 aliphatic heterocycles. The lowest BCUT2D eigenvalue weighted by atomic mass is 9.85. The molecule has 1 amide bonds. The molecule has 0 aliphatic carbocycles. The summed E-state index contributed by atoms with van der Waals surface area (Å²) in [6.07, 6.45) is 5.22. The molecule has 1 aromatic heterocycles. The molecule has 1 aromatic rings. The number of piperidine rings is 2. The van der Waals surface area contributed by atoms with E-state index in [-0.39, 0.29) is 11.7 Å². The number of pyridine rings is 1. The second-order valence-electron chi connectivity index (χ2n) is 10.3. The Morgan fingerprint density at radius 2 is 1.85 bits per heavy atom. The van der Waals surface area contributed by atoms with E-state index in [1.807, 2.05) is 25.7 Å². The molecule has 0 unspecified atom stereocenters. The number of amides is 1. The van der Waals surface area contributed by atoms with Gasteiger partial charge in [0, 0.05) is 38.4 Å². The van der Waals surface area contributed by atoms with Gasteiger partial charge in [0.2, 0.25) is 5.95 Å². The lowest BCUT2D eigenvalue weighted by Gasteiger charge is -2.38. The van der Waals surface area contributed by atoms with E-state index in [0.29, 0.717) is 57.0 Å². The highest BCUT2D eigenvalue weighted by atomic mass is 19.1. The molecule has 0 atom stereocenters. The number of carbonyl (C=O) groups excluding carboxylic acids is 1. The van der Waals surface area contributed by atoms with Crippen LogP contribution in [-0.2, 0) is 4.74 Å². The van der Waals surface area contributed by atoms with Crippen LogP contribution >= 0.6 is 0 Å². The number of halogens is 2. The third-order valence-corrected chi connectivity index (χ3v) is 6.58. The lowest BCUT2D eigenvalue weighted by Crippen LogP contribution is -2.46. The molecule has 7 nitrogen and oxygen atoms in total. The SMILES string of the molecule is CC(C)(C)OC(=O)N1CCC(F)(CCCC2CCN(c3cc(F)ncc3C(=O)O)CC2)CC1. The summed E-state index contributed by atoms with van der Waals surface area (Å²) in [7, 11) is 0. The number of likely N-dealkylation sites (tertiary alicyclic amines) is 1. The first kappa shape index (κ1) is 25.2. The fourth-order valence-corrected chi connectivity index (χ4v) is 4.68. The van der Waals surface area contributed by atoms with Crippen LogP contribution in [0.15, 0.2) is 12.3 Å². The lowest BCUT2D eigenvalue weighted by molar-refractivity contribution is 0.000686. The molecular formula is C24H35F2N3O4. The van der Waals surface area contributed by atoms with Crippen LogP contribution in [0.2, 0.25) is 0 Å². The minimum atomic E-state index is -1.25. The largest absolute Gasteiger partial charge is 0.478 e. The topological polar surface area (TPSA) is 83.0 Å². The number of aromatic carboxylic acids is 1. The molecular weight excluding hydrogens is 432 g/mol. The summed E-state index contributed by atoms with van der Waals surface area (Å²) in [6.45, 7) is 7.48. The highest BCUT2D eigenvalue weighted by Crippen LogP contribution is 2.35. The van der Waals surface area contributed by atoms with Crippen LogP contribution in [0.3, 0.4) is 0 Å². The Hall–Kier alpha value is -2.45. The molecule has 0 aromatic carbocycles. The molecule has 0 bridgehead atoms. The monoisotopic (exact) mass is 467 g/mol. The molecule has 2 saturated heterocycles. The number of rotatable bonds is 6. The van der Waals surface area contributed by atoms with Crippen LogP contribution in [0.1, 0.15) is 76.1 Å². The number of nitrogens with zero attached hydrogens (tertiary/aromatic N) is 3. The van der Waals surface area contributed by atoms with Gasteiger partial charge >= 0.3 is 12.1 Å². The van der Waals surface area contributed by atoms with E-state index in [1.54, 1.807) is 4.90 Å². The summed E-state index contributed by atoms with van der Waals surface area (Å²) < 4.78 is 34.2. The van der Waals surface area contributed by atoms with Gasteiger partial charge < -0.3 is 19.6 Å². The Balaban J connectivity index is 1.41. The van der Waals surface area contributed by atoms with E-state index in [9.17, 15) is 19.1 Å². The van der Waals surface area contributed by atoms with E-state index in [4.69, 9.17) is 4.74 Å². The fraction of sp³-hybridized carbons (Fsp3) is 0.708. The standard InChI is InChI=1S/C24H35F2N3O4/c1-23(2,3)33-22(32)29-13-9-24(26,10-14-29)8-4-5-17-6-11-28(12-7-17)19-15-20(25)27-16-18(19)21(30)31/h15-17H,4-14H2,1-3H3,(H,30,31). The summed E-state index contributed by atoms with van der Waals surface area (Å²) in [6, 6.07) is 1.18. The maximum atomic E-state index is 15.3. The van der Waals surface area contributed by atoms with Gasteiger partial charge in [-0.1, -0.05) is 6.42 Å². The van der Waals surface area contributed by atoms with Crippen molar-refractivity contribution in [1.82, 2.24) is 9.88 Å². The average molecular weight is 468 g/mol. The Bertz CT molecular complexity index is 843. The predicted molar refractivity (Wildman–Crippen MR) is 121 cm³/mol. The van der Waals surface area contributed by atoms with Crippen LogP contribution < -0.4 is 4.90 Å². The number of carbonyl (C=O) groups is 2. The van der Waals surface area contributed by atoms with Crippen molar-refractivity contribution in [2.45, 2.75) is 77.0 Å². The van der Waals surface area contributed by atoms with Gasteiger partial charge in [-0.2, -0.15) is 4.39 Å². The van der Waals surface area contributed by atoms with Gasteiger partial charge in [-0.15, -0.1) is 0 Å². The summed E-state index contributed by atoms with van der Waals surface area (Å²) in [5.41, 5.74) is -1.43. The van der Waals surface area contributed by atoms with Crippen molar-refractivity contribution in [1.29, 1.82) is 0 Å². The smallest absolute Gasteiger partial charge is 0.410 e. The zero-order valence-electron chi connectivity index (χ0n) is 19.8. The number of ether oxygens (including phenoxy) is 1. The Morgan fingerprint density at radius 3 is 2.42 bits per heavy atom. The summed E-state index contributed by atoms with van der Waals surface area (Å²) in [5, 5.41) is 9.35. The first-order chi connectivity index (χ1) is 15.5. The molecule has 0 saturated carbocycles. The van der Waals surface area contributed by atoms with Crippen molar-refractivity contribution in [3.8, 4) is 0 Å². The summed E-state index contributed by atoms with van der Waals surface area (Å²) >= 11 is 0. The van der Waals surface area contributed by atoms with E-state index < -0.39 is 23.2 Å². The third kappa shape index (κ3) is 7.01. The minimum absolute atomic E-state index is 0.00643. The maximum absolute atomic E-state index is 15.3. The van der Waals surface area contributed by atoms with Crippen molar-refractivity contribution in [3.05, 3.63) is 23.8 Å². The van der Waals surface area contributed by atoms with Crippen molar-refractivity contribution in [2.75, 3.05) is 31.1 Å². The number of carboxylic acid groups (broad SMARTS) is 1. The first-order valence-corrected chi connectivity index (χ1v) is 11.8. The van der Waals surface area contributed by atoms with Gasteiger partial charge in [0.25, 0.3) is 0 Å². The molecule has 0 spiro atoms. The van der Waals surface area contributed by atoms with Gasteiger partial charge in [0.1, 0.15) is 16.8 Å². The second-order valence-corrected chi connectivity index (χ2v) is 10.3. The molecule has 184 valence electrons. The first-order valence-electron chi connectivity index (χ1n) is 11.8. The summed E-state index contributed by atoms with van der Waals surface area (Å²) in [4.78, 5) is 30.5. The Labute approximate surface area is 194 Å². The van der Waals surface area contributed by atoms with Crippen LogP contribution in [0.5, 0.6) is 0 Å². The number of alkyl halides is 1. The van der Waals surface area contributed by atoms with Crippen LogP contribution in [0.4, 0.5) is 19.3 Å². The third-order valence-electron chi connectivity index (χ3n) is 6.58. The number of hydrogen-bond donors (Lipinski definition) is 1. The van der Waals surface area contributed by atoms with Crippen molar-refractivity contribution < 1.29 is 28.2 Å². The predicted octanol–water partition coefficient (Wildman–Crippen LogP) is 5.04. The number of aromatic nitrogens is 1. The molecule has 2 fully saturated rings. The van der Waals surface area contributed by atoms with E-state index >= 15 is 4.39 Å². The fourth-order valence-electron chi connectivity index (χ4n) is 4.68. The second kappa shape index (κ2) is 10.2. The van der Waals surface area contributed by atoms with E-state index in [2.05, 4.69) is 4.98 Å². The minimum Gasteiger partial charge on any atom is -0.478 e. The molecule has 33 heavy (non-hydrogen) atoms. The molecule has 9 heteroatoms. The highest BCUT2D eigenvalue weighted by molar-refractivity contribution is 5.94. The quantitative estimate of drug-likeness (QED) is 0.590. The molecule has 3 heterocycles. The van der Waals surface area contributed by atoms with Crippen molar-refractivity contribution in [3.63, 3.8) is 0 Å². The van der Waals surface area contributed by atoms with Crippen molar-refractivity contribution >= 4 is 17.7 Å². The maximum Gasteiger partial charge on any atom is 0.410 e. The van der Waals surface area contributed by atoms with E-state index in [0.717, 1.165) is 31.9 Å². The number of carboxylic acids is 1. The van der Waals surface area contributed by atoms with E-state index in [1.165, 1.54) is 6.07 Å². The normalized spacial score (nSPS) is 19.4. The van der Waals surface area contributed by atoms with Crippen LogP contribution in [0.25, 0.3) is 0 Å². The Morgan fingerprint density at radius 1 is 1.21 bits per heavy atom. The van der Waals surface area contributed by atoms with Crippen LogP contribution in [-0.4, -0.2) is 64.5 Å². The van der Waals surface area contributed by atoms with Crippen LogP contribution in [0, 0.1) is 11.9 Å². The van der Waals surface area contributed by atoms with Gasteiger partial charge in [-0.25, -0.2) is 19.0 Å². The van der Waals surface area contributed by atoms with Gasteiger partial charge in [0.15, 0.2) is 0 Å². The highest BCUT2D eigenvalue weighted by Gasteiger charge is 2.37. The van der Waals surface area contributed by atoms with Gasteiger partial charge in [-0.05, 0) is 65.2 Å². The van der Waals surface area contributed by atoms with Crippen molar-refractivity contribution in [2.24, 2.45) is 5.92 Å². The summed E-state index contributed by atoms with van der Waals surface area (Å²) in [5.74, 6) is -1.37. The Kier molecular flexibility index (Phi) is 7.80. The number of anilines is 1. The molecule has 3 rings (SSSR count). The van der Waals surface area contributed by atoms with Gasteiger partial charge in [-0.3, -0.25) is 0 Å². The zero-order valence-corrected chi connectivity index (χ0v) is 19.8. The van der Waals surface area contributed by atoms with Gasteiger partial charge in [0.05, 0.1) is 5.69 Å².